The average Bonchev–Trinajstić information content (AvgIpc) is 2.74. The average molecular weight is 257 g/mol. The Hall–Kier alpha value is -2.17. The molecule has 3 heterocycles. The summed E-state index contributed by atoms with van der Waals surface area (Å²) >= 11 is 0. The lowest BCUT2D eigenvalue weighted by Crippen LogP contribution is -2.44. The fraction of sp³-hybridized carbons (Fsp3) is 0.357. The fourth-order valence-electron chi connectivity index (χ4n) is 2.86. The molecule has 100 valence electrons. The number of hydrogen-bond acceptors (Lipinski definition) is 5. The van der Waals surface area contributed by atoms with Crippen LogP contribution in [0, 0.1) is 0 Å². The third-order valence-corrected chi connectivity index (χ3v) is 3.84. The topological polar surface area (TPSA) is 57.4 Å². The van der Waals surface area contributed by atoms with Gasteiger partial charge < -0.3 is 20.9 Å². The van der Waals surface area contributed by atoms with Gasteiger partial charge in [-0.2, -0.15) is 0 Å². The molecule has 1 aromatic heterocycles. The van der Waals surface area contributed by atoms with Gasteiger partial charge in [-0.1, -0.05) is 13.2 Å². The molecular formula is C14H19N5. The fourth-order valence-corrected chi connectivity index (χ4v) is 2.86. The lowest BCUT2D eigenvalue weighted by Gasteiger charge is -2.38. The summed E-state index contributed by atoms with van der Waals surface area (Å²) in [4.78, 5) is 8.73. The molecule has 0 amide bonds. The second kappa shape index (κ2) is 4.50. The number of hydrogen-bond donors (Lipinski definition) is 2. The predicted molar refractivity (Wildman–Crippen MR) is 77.4 cm³/mol. The van der Waals surface area contributed by atoms with E-state index in [1.54, 1.807) is 6.20 Å². The normalized spacial score (nSPS) is 19.3. The van der Waals surface area contributed by atoms with Crippen LogP contribution in [0.2, 0.25) is 0 Å². The first-order valence-corrected chi connectivity index (χ1v) is 6.56. The number of pyridine rings is 1. The van der Waals surface area contributed by atoms with Crippen molar-refractivity contribution in [2.45, 2.75) is 18.9 Å². The van der Waals surface area contributed by atoms with Crippen molar-refractivity contribution in [3.8, 4) is 0 Å². The predicted octanol–water partition coefficient (Wildman–Crippen LogP) is 1.68. The highest BCUT2D eigenvalue weighted by Crippen LogP contribution is 2.37. The van der Waals surface area contributed by atoms with Gasteiger partial charge in [0.2, 0.25) is 0 Å². The molecule has 0 saturated carbocycles. The quantitative estimate of drug-likeness (QED) is 0.844. The molecule has 5 heteroatoms. The molecule has 0 aromatic carbocycles. The first-order valence-electron chi connectivity index (χ1n) is 6.56. The smallest absolute Gasteiger partial charge is 0.155 e. The van der Waals surface area contributed by atoms with Crippen LogP contribution in [0.25, 0.3) is 0 Å². The number of likely N-dealkylation sites (tertiary alicyclic amines) is 1. The van der Waals surface area contributed by atoms with E-state index in [4.69, 9.17) is 5.73 Å². The number of anilines is 2. The Morgan fingerprint density at radius 2 is 2.16 bits per heavy atom. The second-order valence-electron chi connectivity index (χ2n) is 5.02. The first-order chi connectivity index (χ1) is 9.16. The molecule has 19 heavy (non-hydrogen) atoms. The maximum absolute atomic E-state index is 5.75. The SMILES string of the molecule is C=C(N)N1CCC(N2C(=C)Nc3ncccc32)CC1. The van der Waals surface area contributed by atoms with Gasteiger partial charge >= 0.3 is 0 Å². The Morgan fingerprint density at radius 1 is 1.42 bits per heavy atom. The van der Waals surface area contributed by atoms with Crippen molar-refractivity contribution in [1.29, 1.82) is 0 Å². The maximum Gasteiger partial charge on any atom is 0.155 e. The summed E-state index contributed by atoms with van der Waals surface area (Å²) in [5.74, 6) is 2.48. The second-order valence-corrected chi connectivity index (χ2v) is 5.02. The molecule has 0 unspecified atom stereocenters. The Labute approximate surface area is 113 Å². The van der Waals surface area contributed by atoms with Crippen molar-refractivity contribution < 1.29 is 0 Å². The summed E-state index contributed by atoms with van der Waals surface area (Å²) in [5, 5.41) is 3.24. The monoisotopic (exact) mass is 257 g/mol. The highest BCUT2D eigenvalue weighted by atomic mass is 15.4. The maximum atomic E-state index is 5.75. The number of fused-ring (bicyclic) bond motifs is 1. The van der Waals surface area contributed by atoms with E-state index in [1.807, 2.05) is 6.07 Å². The molecule has 0 atom stereocenters. The van der Waals surface area contributed by atoms with Crippen LogP contribution in [0.15, 0.2) is 43.1 Å². The van der Waals surface area contributed by atoms with Crippen molar-refractivity contribution in [3.05, 3.63) is 43.1 Å². The molecule has 1 fully saturated rings. The van der Waals surface area contributed by atoms with Crippen molar-refractivity contribution in [2.75, 3.05) is 23.3 Å². The summed E-state index contributed by atoms with van der Waals surface area (Å²) in [6.45, 7) is 9.79. The highest BCUT2D eigenvalue weighted by molar-refractivity contribution is 5.77. The van der Waals surface area contributed by atoms with Gasteiger partial charge in [0.25, 0.3) is 0 Å². The molecular weight excluding hydrogens is 238 g/mol. The first kappa shape index (κ1) is 11.9. The van der Waals surface area contributed by atoms with E-state index in [2.05, 4.69) is 39.3 Å². The van der Waals surface area contributed by atoms with Gasteiger partial charge in [-0.3, -0.25) is 0 Å². The standard InChI is InChI=1S/C14H19N5/c1-10(15)18-8-5-12(6-9-18)19-11(2)17-14-13(19)4-3-7-16-14/h3-4,7,12H,1-2,5-6,8-9,15H2,(H,16,17). The van der Waals surface area contributed by atoms with E-state index in [-0.39, 0.29) is 0 Å². The molecule has 3 N–H and O–H groups in total. The largest absolute Gasteiger partial charge is 0.386 e. The van der Waals surface area contributed by atoms with Crippen LogP contribution in [0.1, 0.15) is 12.8 Å². The molecule has 5 nitrogen and oxygen atoms in total. The van der Waals surface area contributed by atoms with E-state index in [9.17, 15) is 0 Å². The number of rotatable bonds is 2. The van der Waals surface area contributed by atoms with Gasteiger partial charge in [0, 0.05) is 25.3 Å². The molecule has 1 aromatic rings. The number of piperidine rings is 1. The minimum Gasteiger partial charge on any atom is -0.386 e. The van der Waals surface area contributed by atoms with Crippen molar-refractivity contribution in [1.82, 2.24) is 9.88 Å². The van der Waals surface area contributed by atoms with Crippen molar-refractivity contribution in [2.24, 2.45) is 5.73 Å². The summed E-state index contributed by atoms with van der Waals surface area (Å²) in [6.07, 6.45) is 3.89. The molecule has 1 saturated heterocycles. The molecule has 2 aliphatic heterocycles. The number of nitrogens with two attached hydrogens (primary N) is 1. The summed E-state index contributed by atoms with van der Waals surface area (Å²) in [6, 6.07) is 4.49. The van der Waals surface area contributed by atoms with Crippen LogP contribution in [0.4, 0.5) is 11.5 Å². The zero-order valence-electron chi connectivity index (χ0n) is 11.0. The molecule has 0 spiro atoms. The van der Waals surface area contributed by atoms with Crippen LogP contribution in [0.3, 0.4) is 0 Å². The highest BCUT2D eigenvalue weighted by Gasteiger charge is 2.32. The van der Waals surface area contributed by atoms with Crippen LogP contribution in [-0.4, -0.2) is 29.0 Å². The molecule has 0 bridgehead atoms. The van der Waals surface area contributed by atoms with Crippen LogP contribution >= 0.6 is 0 Å². The van der Waals surface area contributed by atoms with Gasteiger partial charge in [-0.05, 0) is 25.0 Å². The Bertz CT molecular complexity index is 516. The van der Waals surface area contributed by atoms with Gasteiger partial charge in [0.15, 0.2) is 5.82 Å². The molecule has 0 radical (unpaired) electrons. The van der Waals surface area contributed by atoms with Crippen molar-refractivity contribution >= 4 is 11.5 Å². The zero-order chi connectivity index (χ0) is 13.4. The van der Waals surface area contributed by atoms with E-state index < -0.39 is 0 Å². The number of aromatic nitrogens is 1. The van der Waals surface area contributed by atoms with E-state index in [0.717, 1.165) is 43.3 Å². The van der Waals surface area contributed by atoms with E-state index in [0.29, 0.717) is 11.9 Å². The van der Waals surface area contributed by atoms with Gasteiger partial charge in [-0.15, -0.1) is 0 Å². The van der Waals surface area contributed by atoms with Gasteiger partial charge in [0.05, 0.1) is 11.5 Å². The van der Waals surface area contributed by atoms with Crippen molar-refractivity contribution in [3.63, 3.8) is 0 Å². The Morgan fingerprint density at radius 3 is 2.84 bits per heavy atom. The Balaban J connectivity index is 1.77. The summed E-state index contributed by atoms with van der Waals surface area (Å²) in [7, 11) is 0. The molecule has 3 rings (SSSR count). The number of nitrogens with one attached hydrogen (secondary N) is 1. The van der Waals surface area contributed by atoms with E-state index >= 15 is 0 Å². The summed E-state index contributed by atoms with van der Waals surface area (Å²) in [5.41, 5.74) is 6.87. The third kappa shape index (κ3) is 2.01. The lowest BCUT2D eigenvalue weighted by atomic mass is 10.0. The molecule has 2 aliphatic rings. The van der Waals surface area contributed by atoms with Crippen LogP contribution in [-0.2, 0) is 0 Å². The van der Waals surface area contributed by atoms with Gasteiger partial charge in [0.1, 0.15) is 5.82 Å². The van der Waals surface area contributed by atoms with Crippen LogP contribution in [0.5, 0.6) is 0 Å². The summed E-state index contributed by atoms with van der Waals surface area (Å²) < 4.78 is 0. The van der Waals surface area contributed by atoms with Gasteiger partial charge in [-0.25, -0.2) is 4.98 Å². The zero-order valence-corrected chi connectivity index (χ0v) is 11.0. The third-order valence-electron chi connectivity index (χ3n) is 3.84. The minimum atomic E-state index is 0.445. The minimum absolute atomic E-state index is 0.445. The van der Waals surface area contributed by atoms with Crippen LogP contribution < -0.4 is 16.0 Å². The lowest BCUT2D eigenvalue weighted by molar-refractivity contribution is 0.260. The Kier molecular flexibility index (Phi) is 2.81. The van der Waals surface area contributed by atoms with E-state index in [1.165, 1.54) is 0 Å². The molecule has 0 aliphatic carbocycles. The number of nitrogens with zero attached hydrogens (tertiary/aromatic N) is 3.